The molecule has 1 fully saturated rings. The fourth-order valence-corrected chi connectivity index (χ4v) is 3.85. The third-order valence-electron chi connectivity index (χ3n) is 5.14. The lowest BCUT2D eigenvalue weighted by Gasteiger charge is -2.28. The standard InChI is InChI=1S/C21H24N4O/c1-16-20(25-14-6-5-11-19(25)23-16)21(26)22-15-18(24-12-7-8-13-24)17-9-3-2-4-10-17/h2-6,9-11,14,18H,7-8,12-13,15H2,1H3,(H,22,26). The Kier molecular flexibility index (Phi) is 4.71. The molecule has 0 radical (unpaired) electrons. The lowest BCUT2D eigenvalue weighted by Crippen LogP contribution is -2.37. The number of fused-ring (bicyclic) bond motifs is 1. The first-order valence-electron chi connectivity index (χ1n) is 9.25. The van der Waals surface area contributed by atoms with Gasteiger partial charge in [-0.3, -0.25) is 14.1 Å². The van der Waals surface area contributed by atoms with Gasteiger partial charge in [-0.25, -0.2) is 4.98 Å². The molecular weight excluding hydrogens is 324 g/mol. The molecule has 4 rings (SSSR count). The van der Waals surface area contributed by atoms with Gasteiger partial charge < -0.3 is 5.32 Å². The molecule has 5 heteroatoms. The van der Waals surface area contributed by atoms with Crippen LogP contribution >= 0.6 is 0 Å². The summed E-state index contributed by atoms with van der Waals surface area (Å²) in [4.78, 5) is 19.9. The summed E-state index contributed by atoms with van der Waals surface area (Å²) < 4.78 is 1.86. The predicted molar refractivity (Wildman–Crippen MR) is 102 cm³/mol. The molecule has 1 amide bonds. The molecule has 3 heterocycles. The maximum Gasteiger partial charge on any atom is 0.270 e. The molecule has 0 spiro atoms. The number of aryl methyl sites for hydroxylation is 1. The first-order chi connectivity index (χ1) is 12.7. The number of imidazole rings is 1. The Morgan fingerprint density at radius 3 is 2.62 bits per heavy atom. The van der Waals surface area contributed by atoms with E-state index < -0.39 is 0 Å². The summed E-state index contributed by atoms with van der Waals surface area (Å²) in [5, 5.41) is 3.15. The van der Waals surface area contributed by atoms with Crippen molar-refractivity contribution in [1.82, 2.24) is 19.6 Å². The van der Waals surface area contributed by atoms with E-state index in [0.29, 0.717) is 12.2 Å². The van der Waals surface area contributed by atoms with Gasteiger partial charge in [-0.15, -0.1) is 0 Å². The number of carbonyl (C=O) groups is 1. The lowest BCUT2D eigenvalue weighted by molar-refractivity contribution is 0.0931. The molecule has 1 aromatic carbocycles. The number of likely N-dealkylation sites (tertiary alicyclic amines) is 1. The summed E-state index contributed by atoms with van der Waals surface area (Å²) in [6, 6.07) is 16.4. The van der Waals surface area contributed by atoms with Gasteiger partial charge >= 0.3 is 0 Å². The molecule has 1 atom stereocenters. The molecule has 26 heavy (non-hydrogen) atoms. The number of nitrogens with zero attached hydrogens (tertiary/aromatic N) is 3. The minimum Gasteiger partial charge on any atom is -0.349 e. The van der Waals surface area contributed by atoms with Crippen LogP contribution < -0.4 is 5.32 Å². The second-order valence-electron chi connectivity index (χ2n) is 6.85. The molecule has 1 saturated heterocycles. The summed E-state index contributed by atoms with van der Waals surface area (Å²) in [6.07, 6.45) is 4.34. The zero-order valence-corrected chi connectivity index (χ0v) is 15.1. The van der Waals surface area contributed by atoms with Gasteiger partial charge in [-0.2, -0.15) is 0 Å². The van der Waals surface area contributed by atoms with Gasteiger partial charge in [-0.1, -0.05) is 36.4 Å². The van der Waals surface area contributed by atoms with E-state index in [9.17, 15) is 4.79 Å². The van der Waals surface area contributed by atoms with Crippen molar-refractivity contribution < 1.29 is 4.79 Å². The van der Waals surface area contributed by atoms with E-state index in [-0.39, 0.29) is 11.9 Å². The van der Waals surface area contributed by atoms with E-state index in [0.717, 1.165) is 24.4 Å². The first-order valence-corrected chi connectivity index (χ1v) is 9.25. The average Bonchev–Trinajstić information content (AvgIpc) is 3.29. The number of hydrogen-bond donors (Lipinski definition) is 1. The first kappa shape index (κ1) is 16.8. The molecule has 1 aliphatic heterocycles. The summed E-state index contributed by atoms with van der Waals surface area (Å²) in [5.74, 6) is -0.0682. The van der Waals surface area contributed by atoms with Crippen LogP contribution in [0.4, 0.5) is 0 Å². The van der Waals surface area contributed by atoms with Crippen LogP contribution in [0.3, 0.4) is 0 Å². The molecule has 0 saturated carbocycles. The zero-order valence-electron chi connectivity index (χ0n) is 15.1. The summed E-state index contributed by atoms with van der Waals surface area (Å²) in [5.41, 5.74) is 3.43. The van der Waals surface area contributed by atoms with Gasteiger partial charge in [0.1, 0.15) is 11.3 Å². The van der Waals surface area contributed by atoms with Gasteiger partial charge in [0.05, 0.1) is 11.7 Å². The van der Waals surface area contributed by atoms with Crippen LogP contribution in [0.5, 0.6) is 0 Å². The van der Waals surface area contributed by atoms with Crippen molar-refractivity contribution >= 4 is 11.6 Å². The molecule has 2 aromatic heterocycles. The highest BCUT2D eigenvalue weighted by Crippen LogP contribution is 2.24. The second kappa shape index (κ2) is 7.30. The molecule has 0 bridgehead atoms. The predicted octanol–water partition coefficient (Wildman–Crippen LogP) is 3.21. The normalized spacial score (nSPS) is 16.0. The van der Waals surface area contributed by atoms with Crippen LogP contribution in [0.1, 0.15) is 40.6 Å². The molecule has 0 aliphatic carbocycles. The number of hydrogen-bond acceptors (Lipinski definition) is 3. The maximum absolute atomic E-state index is 12.9. The van der Waals surface area contributed by atoms with Gasteiger partial charge in [0, 0.05) is 12.7 Å². The highest BCUT2D eigenvalue weighted by molar-refractivity contribution is 5.94. The minimum atomic E-state index is -0.0682. The van der Waals surface area contributed by atoms with Crippen LogP contribution in [-0.4, -0.2) is 39.8 Å². The summed E-state index contributed by atoms with van der Waals surface area (Å²) >= 11 is 0. The maximum atomic E-state index is 12.9. The zero-order chi connectivity index (χ0) is 17.9. The number of nitrogens with one attached hydrogen (secondary N) is 1. The van der Waals surface area contributed by atoms with Crippen molar-refractivity contribution in [2.75, 3.05) is 19.6 Å². The highest BCUT2D eigenvalue weighted by atomic mass is 16.2. The monoisotopic (exact) mass is 348 g/mol. The van der Waals surface area contributed by atoms with Crippen molar-refractivity contribution in [3.8, 4) is 0 Å². The van der Waals surface area contributed by atoms with E-state index in [1.165, 1.54) is 18.4 Å². The summed E-state index contributed by atoms with van der Waals surface area (Å²) in [6.45, 7) is 4.66. The van der Waals surface area contributed by atoms with Crippen LogP contribution in [-0.2, 0) is 0 Å². The summed E-state index contributed by atoms with van der Waals surface area (Å²) in [7, 11) is 0. The van der Waals surface area contributed by atoms with Crippen molar-refractivity contribution in [2.45, 2.75) is 25.8 Å². The van der Waals surface area contributed by atoms with Crippen LogP contribution in [0.25, 0.3) is 5.65 Å². The van der Waals surface area contributed by atoms with E-state index in [4.69, 9.17) is 0 Å². The fraction of sp³-hybridized carbons (Fsp3) is 0.333. The smallest absolute Gasteiger partial charge is 0.270 e. The minimum absolute atomic E-state index is 0.0682. The van der Waals surface area contributed by atoms with Crippen LogP contribution in [0.2, 0.25) is 0 Å². The van der Waals surface area contributed by atoms with Crippen molar-refractivity contribution in [3.63, 3.8) is 0 Å². The SMILES string of the molecule is Cc1nc2ccccn2c1C(=O)NCC(c1ccccc1)N1CCCC1. The molecule has 1 unspecified atom stereocenters. The largest absolute Gasteiger partial charge is 0.349 e. The Hall–Kier alpha value is -2.66. The Bertz CT molecular complexity index is 897. The Morgan fingerprint density at radius 2 is 1.85 bits per heavy atom. The Morgan fingerprint density at radius 1 is 1.12 bits per heavy atom. The number of amides is 1. The molecule has 5 nitrogen and oxygen atoms in total. The van der Waals surface area contributed by atoms with Crippen LogP contribution in [0, 0.1) is 6.92 Å². The van der Waals surface area contributed by atoms with E-state index in [2.05, 4.69) is 39.5 Å². The lowest BCUT2D eigenvalue weighted by atomic mass is 10.1. The van der Waals surface area contributed by atoms with E-state index in [1.54, 1.807) is 0 Å². The van der Waals surface area contributed by atoms with Gasteiger partial charge in [-0.05, 0) is 50.6 Å². The highest BCUT2D eigenvalue weighted by Gasteiger charge is 2.25. The van der Waals surface area contributed by atoms with Crippen molar-refractivity contribution in [3.05, 3.63) is 71.7 Å². The van der Waals surface area contributed by atoms with Crippen LogP contribution in [0.15, 0.2) is 54.7 Å². The van der Waals surface area contributed by atoms with E-state index >= 15 is 0 Å². The molecule has 3 aromatic rings. The average molecular weight is 348 g/mol. The number of benzene rings is 1. The number of pyridine rings is 1. The van der Waals surface area contributed by atoms with Crippen molar-refractivity contribution in [2.24, 2.45) is 0 Å². The molecule has 1 aliphatic rings. The number of aromatic nitrogens is 2. The quantitative estimate of drug-likeness (QED) is 0.770. The van der Waals surface area contributed by atoms with Gasteiger partial charge in [0.25, 0.3) is 5.91 Å². The third-order valence-corrected chi connectivity index (χ3v) is 5.14. The topological polar surface area (TPSA) is 49.6 Å². The van der Waals surface area contributed by atoms with Gasteiger partial charge in [0.15, 0.2) is 0 Å². The van der Waals surface area contributed by atoms with Crippen molar-refractivity contribution in [1.29, 1.82) is 0 Å². The Balaban J connectivity index is 1.55. The van der Waals surface area contributed by atoms with E-state index in [1.807, 2.05) is 41.8 Å². The number of carbonyl (C=O) groups excluding carboxylic acids is 1. The molecular formula is C21H24N4O. The fourth-order valence-electron chi connectivity index (χ4n) is 3.85. The Labute approximate surface area is 153 Å². The number of rotatable bonds is 5. The molecule has 134 valence electrons. The third kappa shape index (κ3) is 3.22. The molecule has 1 N–H and O–H groups in total. The van der Waals surface area contributed by atoms with Gasteiger partial charge in [0.2, 0.25) is 0 Å². The second-order valence-corrected chi connectivity index (χ2v) is 6.85.